The molecule has 0 saturated carbocycles. The number of Topliss-reactive ketones (excluding diaryl/α,β-unsaturated/α-hetero) is 1. The van der Waals surface area contributed by atoms with E-state index in [2.05, 4.69) is 18.0 Å². The lowest BCUT2D eigenvalue weighted by Crippen LogP contribution is -2.29. The molecule has 168 valence electrons. The van der Waals surface area contributed by atoms with Gasteiger partial charge < -0.3 is 10.1 Å². The van der Waals surface area contributed by atoms with E-state index < -0.39 is 11.9 Å². The van der Waals surface area contributed by atoms with Crippen LogP contribution < -0.4 is 5.32 Å². The molecule has 0 saturated heterocycles. The van der Waals surface area contributed by atoms with E-state index in [-0.39, 0.29) is 18.1 Å². The second-order valence-electron chi connectivity index (χ2n) is 7.44. The molecule has 0 aliphatic carbocycles. The quantitative estimate of drug-likeness (QED) is 0.298. The molecule has 0 unspecified atom stereocenters. The first-order chi connectivity index (χ1) is 15.9. The van der Waals surface area contributed by atoms with Gasteiger partial charge in [-0.1, -0.05) is 84.0 Å². The third-order valence-corrected chi connectivity index (χ3v) is 6.50. The van der Waals surface area contributed by atoms with Crippen LogP contribution in [0.3, 0.4) is 0 Å². The van der Waals surface area contributed by atoms with E-state index in [0.29, 0.717) is 38.0 Å². The van der Waals surface area contributed by atoms with E-state index in [1.807, 2.05) is 19.1 Å². The fraction of sp³-hybridized carbons (Fsp3) is 0.192. The topological polar surface area (TPSA) is 79.2 Å². The highest BCUT2D eigenvalue weighted by molar-refractivity contribution is 8.03. The van der Waals surface area contributed by atoms with Crippen molar-refractivity contribution in [2.45, 2.75) is 19.8 Å². The second-order valence-corrected chi connectivity index (χ2v) is 8.83. The molecule has 1 atom stereocenters. The predicted molar refractivity (Wildman–Crippen MR) is 132 cm³/mol. The number of benzene rings is 2. The average molecular weight is 479 g/mol. The van der Waals surface area contributed by atoms with Gasteiger partial charge in [-0.05, 0) is 25.5 Å². The van der Waals surface area contributed by atoms with Crippen LogP contribution >= 0.6 is 23.4 Å². The molecule has 0 fully saturated rings. The van der Waals surface area contributed by atoms with E-state index >= 15 is 0 Å². The van der Waals surface area contributed by atoms with Crippen LogP contribution in [0.4, 0.5) is 0 Å². The van der Waals surface area contributed by atoms with Crippen LogP contribution in [0, 0.1) is 18.3 Å². The Morgan fingerprint density at radius 1 is 1.21 bits per heavy atom. The number of thioether (sulfide) groups is 1. The summed E-state index contributed by atoms with van der Waals surface area (Å²) >= 11 is 7.69. The van der Waals surface area contributed by atoms with E-state index in [1.54, 1.807) is 43.3 Å². The minimum absolute atomic E-state index is 0.0448. The molecule has 0 radical (unpaired) electrons. The number of rotatable bonds is 8. The number of esters is 1. The van der Waals surface area contributed by atoms with E-state index in [9.17, 15) is 14.9 Å². The lowest BCUT2D eigenvalue weighted by molar-refractivity contribution is -0.138. The molecular weight excluding hydrogens is 456 g/mol. The number of nitriles is 1. The minimum atomic E-state index is -0.723. The zero-order valence-corrected chi connectivity index (χ0v) is 19.9. The van der Waals surface area contributed by atoms with Crippen molar-refractivity contribution in [1.82, 2.24) is 5.32 Å². The van der Waals surface area contributed by atoms with Crippen molar-refractivity contribution < 1.29 is 14.3 Å². The van der Waals surface area contributed by atoms with Crippen molar-refractivity contribution >= 4 is 35.1 Å². The zero-order valence-electron chi connectivity index (χ0n) is 18.4. The highest BCUT2D eigenvalue weighted by atomic mass is 35.5. The van der Waals surface area contributed by atoms with Crippen LogP contribution in [-0.4, -0.2) is 24.1 Å². The first kappa shape index (κ1) is 24.4. The van der Waals surface area contributed by atoms with Crippen LogP contribution in [0.25, 0.3) is 0 Å². The van der Waals surface area contributed by atoms with Gasteiger partial charge >= 0.3 is 5.97 Å². The molecule has 0 spiro atoms. The van der Waals surface area contributed by atoms with Gasteiger partial charge in [0.05, 0.1) is 33.9 Å². The number of ether oxygens (including phenoxy) is 1. The molecule has 1 heterocycles. The summed E-state index contributed by atoms with van der Waals surface area (Å²) in [6, 6.07) is 16.7. The van der Waals surface area contributed by atoms with Crippen LogP contribution in [0.15, 0.2) is 83.1 Å². The predicted octanol–water partition coefficient (Wildman–Crippen LogP) is 5.69. The fourth-order valence-electron chi connectivity index (χ4n) is 3.49. The molecule has 0 aromatic heterocycles. The van der Waals surface area contributed by atoms with Gasteiger partial charge in [0.2, 0.25) is 0 Å². The van der Waals surface area contributed by atoms with Crippen molar-refractivity contribution in [3.63, 3.8) is 0 Å². The maximum absolute atomic E-state index is 12.9. The number of hydrogen-bond acceptors (Lipinski definition) is 6. The standard InChI is InChI=1S/C26H23ClN2O3S/c1-4-13-32-26(31)23-17(3)29-25(33-15-22(30)18-11-9-16(2)10-12-18)20(14-28)24(23)19-7-5-6-8-21(19)27/h4-12,24,29H,1,13,15H2,2-3H3/t24-/m1/s1. The lowest BCUT2D eigenvalue weighted by atomic mass is 9.82. The molecule has 3 rings (SSSR count). The molecule has 5 nitrogen and oxygen atoms in total. The van der Waals surface area contributed by atoms with Crippen LogP contribution in [0.1, 0.15) is 34.3 Å². The van der Waals surface area contributed by atoms with Crippen molar-refractivity contribution in [2.75, 3.05) is 12.4 Å². The number of ketones is 1. The highest BCUT2D eigenvalue weighted by Gasteiger charge is 2.36. The SMILES string of the molecule is C=CCOC(=O)C1=C(C)NC(SCC(=O)c2ccc(C)cc2)=C(C#N)[C@H]1c1ccccc1Cl. The Morgan fingerprint density at radius 3 is 2.55 bits per heavy atom. The molecule has 0 amide bonds. The number of allylic oxidation sites excluding steroid dienone is 2. The molecule has 7 heteroatoms. The Kier molecular flexibility index (Phi) is 8.16. The summed E-state index contributed by atoms with van der Waals surface area (Å²) in [5.41, 5.74) is 3.44. The van der Waals surface area contributed by atoms with Gasteiger partial charge in [-0.15, -0.1) is 0 Å². The Balaban J connectivity index is 1.98. The normalized spacial score (nSPS) is 15.5. The number of carbonyl (C=O) groups excluding carboxylic acids is 2. The van der Waals surface area contributed by atoms with Crippen molar-refractivity contribution in [3.05, 3.63) is 105 Å². The molecule has 1 N–H and O–H groups in total. The summed E-state index contributed by atoms with van der Waals surface area (Å²) in [6.07, 6.45) is 1.48. The molecule has 1 aliphatic heterocycles. The zero-order chi connectivity index (χ0) is 24.0. The number of aryl methyl sites for hydroxylation is 1. The second kappa shape index (κ2) is 11.0. The van der Waals surface area contributed by atoms with Gasteiger partial charge in [0.25, 0.3) is 0 Å². The summed E-state index contributed by atoms with van der Waals surface area (Å²) < 4.78 is 5.30. The Hall–Kier alpha value is -3.27. The minimum Gasteiger partial charge on any atom is -0.458 e. The van der Waals surface area contributed by atoms with Gasteiger partial charge in [-0.3, -0.25) is 4.79 Å². The Labute approximate surface area is 202 Å². The number of hydrogen-bond donors (Lipinski definition) is 1. The van der Waals surface area contributed by atoms with Crippen LogP contribution in [-0.2, 0) is 9.53 Å². The fourth-order valence-corrected chi connectivity index (χ4v) is 4.72. The number of halogens is 1. The summed E-state index contributed by atoms with van der Waals surface area (Å²) in [5, 5.41) is 14.2. The summed E-state index contributed by atoms with van der Waals surface area (Å²) in [5.74, 6) is -1.20. The molecule has 2 aromatic rings. The lowest BCUT2D eigenvalue weighted by Gasteiger charge is -2.29. The summed E-state index contributed by atoms with van der Waals surface area (Å²) in [7, 11) is 0. The van der Waals surface area contributed by atoms with E-state index in [0.717, 1.165) is 5.56 Å². The smallest absolute Gasteiger partial charge is 0.337 e. The first-order valence-corrected chi connectivity index (χ1v) is 11.6. The monoisotopic (exact) mass is 478 g/mol. The van der Waals surface area contributed by atoms with Crippen molar-refractivity contribution in [2.24, 2.45) is 0 Å². The van der Waals surface area contributed by atoms with E-state index in [1.165, 1.54) is 17.8 Å². The molecular formula is C26H23ClN2O3S. The Morgan fingerprint density at radius 2 is 1.91 bits per heavy atom. The molecule has 0 bridgehead atoms. The van der Waals surface area contributed by atoms with Crippen LogP contribution in [0.5, 0.6) is 0 Å². The van der Waals surface area contributed by atoms with Gasteiger partial charge in [0, 0.05) is 16.3 Å². The number of dihydropyridines is 1. The average Bonchev–Trinajstić information content (AvgIpc) is 2.81. The van der Waals surface area contributed by atoms with Crippen molar-refractivity contribution in [3.8, 4) is 6.07 Å². The molecule has 1 aliphatic rings. The number of nitrogens with one attached hydrogen (secondary N) is 1. The number of carbonyl (C=O) groups is 2. The molecule has 2 aromatic carbocycles. The summed E-state index contributed by atoms with van der Waals surface area (Å²) in [4.78, 5) is 25.6. The van der Waals surface area contributed by atoms with Crippen LogP contribution in [0.2, 0.25) is 5.02 Å². The maximum atomic E-state index is 12.9. The van der Waals surface area contributed by atoms with E-state index in [4.69, 9.17) is 16.3 Å². The van der Waals surface area contributed by atoms with Gasteiger partial charge in [0.1, 0.15) is 6.61 Å². The van der Waals surface area contributed by atoms with Gasteiger partial charge in [0.15, 0.2) is 5.78 Å². The van der Waals surface area contributed by atoms with Crippen molar-refractivity contribution in [1.29, 1.82) is 5.26 Å². The van der Waals surface area contributed by atoms with Gasteiger partial charge in [-0.2, -0.15) is 5.26 Å². The maximum Gasteiger partial charge on any atom is 0.337 e. The third kappa shape index (κ3) is 5.57. The number of nitrogens with zero attached hydrogens (tertiary/aromatic N) is 1. The Bertz CT molecular complexity index is 1190. The highest BCUT2D eigenvalue weighted by Crippen LogP contribution is 2.43. The summed E-state index contributed by atoms with van der Waals surface area (Å²) in [6.45, 7) is 7.32. The largest absolute Gasteiger partial charge is 0.458 e. The first-order valence-electron chi connectivity index (χ1n) is 10.2. The van der Waals surface area contributed by atoms with Gasteiger partial charge in [-0.25, -0.2) is 4.79 Å². The third-order valence-electron chi connectivity index (χ3n) is 5.14. The molecule has 33 heavy (non-hydrogen) atoms.